The van der Waals surface area contributed by atoms with Gasteiger partial charge in [-0.1, -0.05) is 18.6 Å². The summed E-state index contributed by atoms with van der Waals surface area (Å²) in [5, 5.41) is 18.6. The zero-order valence-electron chi connectivity index (χ0n) is 15.6. The fourth-order valence-electron chi connectivity index (χ4n) is 3.50. The van der Waals surface area contributed by atoms with Gasteiger partial charge in [0.2, 0.25) is 0 Å². The molecule has 2 N–H and O–H groups in total. The Morgan fingerprint density at radius 2 is 2.15 bits per heavy atom. The number of carbonyl (C=O) groups excluding carboxylic acids is 2. The van der Waals surface area contributed by atoms with Crippen molar-refractivity contribution in [3.63, 3.8) is 0 Å². The second-order valence-electron chi connectivity index (χ2n) is 7.06. The number of fused-ring (bicyclic) bond motifs is 1. The van der Waals surface area contributed by atoms with Crippen molar-refractivity contribution in [2.75, 3.05) is 13.2 Å². The van der Waals surface area contributed by atoms with Crippen molar-refractivity contribution >= 4 is 11.9 Å². The van der Waals surface area contributed by atoms with Gasteiger partial charge in [0.05, 0.1) is 25.0 Å². The van der Waals surface area contributed by atoms with Crippen LogP contribution in [0, 0.1) is 11.8 Å². The van der Waals surface area contributed by atoms with Crippen LogP contribution in [0.1, 0.15) is 40.0 Å². The van der Waals surface area contributed by atoms with E-state index in [0.717, 1.165) is 17.6 Å². The molecule has 0 aromatic carbocycles. The summed E-state index contributed by atoms with van der Waals surface area (Å²) in [5.41, 5.74) is 2.21. The first kappa shape index (κ1) is 20.4. The summed E-state index contributed by atoms with van der Waals surface area (Å²) in [7, 11) is 0. The minimum atomic E-state index is -0.526. The van der Waals surface area contributed by atoms with Crippen LogP contribution >= 0.6 is 0 Å². The number of aliphatic hydroxyl groups is 2. The Hall–Kier alpha value is -1.92. The second-order valence-corrected chi connectivity index (χ2v) is 7.06. The highest BCUT2D eigenvalue weighted by Gasteiger charge is 2.47. The first-order valence-electron chi connectivity index (χ1n) is 9.02. The molecule has 0 aromatic heterocycles. The molecule has 0 radical (unpaired) electrons. The normalized spacial score (nSPS) is 34.0. The Morgan fingerprint density at radius 1 is 1.42 bits per heavy atom. The molecule has 1 aliphatic carbocycles. The second kappa shape index (κ2) is 9.14. The third-order valence-electron chi connectivity index (χ3n) is 5.07. The van der Waals surface area contributed by atoms with Crippen LogP contribution in [0.15, 0.2) is 34.9 Å². The van der Waals surface area contributed by atoms with E-state index in [0.29, 0.717) is 18.4 Å². The van der Waals surface area contributed by atoms with E-state index in [1.807, 2.05) is 6.92 Å². The van der Waals surface area contributed by atoms with Crippen molar-refractivity contribution in [3.05, 3.63) is 34.9 Å². The summed E-state index contributed by atoms with van der Waals surface area (Å²) in [6.07, 6.45) is 6.21. The molecule has 144 valence electrons. The molecule has 1 saturated heterocycles. The lowest BCUT2D eigenvalue weighted by molar-refractivity contribution is -0.148. The number of ether oxygens (including phenoxy) is 2. The Kier molecular flexibility index (Phi) is 7.17. The molecule has 26 heavy (non-hydrogen) atoms. The Morgan fingerprint density at radius 3 is 2.81 bits per heavy atom. The quantitative estimate of drug-likeness (QED) is 0.451. The molecular weight excluding hydrogens is 336 g/mol. The summed E-state index contributed by atoms with van der Waals surface area (Å²) < 4.78 is 11.2. The van der Waals surface area contributed by atoms with E-state index in [1.165, 1.54) is 6.08 Å². The fourth-order valence-corrected chi connectivity index (χ4v) is 3.50. The van der Waals surface area contributed by atoms with Crippen LogP contribution in [0.3, 0.4) is 0 Å². The van der Waals surface area contributed by atoms with E-state index in [4.69, 9.17) is 14.6 Å². The molecule has 1 heterocycles. The van der Waals surface area contributed by atoms with Gasteiger partial charge >= 0.3 is 11.9 Å². The number of rotatable bonds is 4. The molecule has 0 bridgehead atoms. The minimum Gasteiger partial charge on any atom is -0.458 e. The van der Waals surface area contributed by atoms with Gasteiger partial charge in [-0.3, -0.25) is 4.79 Å². The maximum atomic E-state index is 12.4. The summed E-state index contributed by atoms with van der Waals surface area (Å²) >= 11 is 0. The molecule has 1 aliphatic heterocycles. The maximum Gasteiger partial charge on any atom is 0.333 e. The molecule has 2 rings (SSSR count). The number of aliphatic hydroxyl groups excluding tert-OH is 2. The van der Waals surface area contributed by atoms with E-state index < -0.39 is 24.1 Å². The first-order chi connectivity index (χ1) is 12.4. The van der Waals surface area contributed by atoms with Crippen molar-refractivity contribution in [3.8, 4) is 0 Å². The molecule has 1 fully saturated rings. The van der Waals surface area contributed by atoms with Gasteiger partial charge in [-0.2, -0.15) is 0 Å². The van der Waals surface area contributed by atoms with Crippen LogP contribution in [0.25, 0.3) is 0 Å². The van der Waals surface area contributed by atoms with Crippen molar-refractivity contribution in [1.29, 1.82) is 0 Å². The Balaban J connectivity index is 2.36. The monoisotopic (exact) mass is 364 g/mol. The Labute approximate surface area is 154 Å². The van der Waals surface area contributed by atoms with Crippen LogP contribution in [-0.2, 0) is 19.1 Å². The average molecular weight is 364 g/mol. The fraction of sp³-hybridized carbons (Fsp3) is 0.600. The molecular formula is C20H28O6. The smallest absolute Gasteiger partial charge is 0.333 e. The third-order valence-corrected chi connectivity index (χ3v) is 5.07. The molecule has 4 atom stereocenters. The standard InChI is InChI=1S/C20H28O6/c1-12-5-4-6-15(11-22)10-17-18(14(3)20(24)26-17)16(9-12)25-19(23)13(2)7-8-21/h5,7,10,14,16-18,21-22H,4,6,8-9,11H2,1-3H3/b12-5+,13-7+,15-10-/t14-,16-,17+,18+/m0/s1. The Bertz CT molecular complexity index is 630. The number of esters is 2. The van der Waals surface area contributed by atoms with Crippen LogP contribution < -0.4 is 0 Å². The van der Waals surface area contributed by atoms with E-state index >= 15 is 0 Å². The highest BCUT2D eigenvalue weighted by atomic mass is 16.6. The lowest BCUT2D eigenvalue weighted by atomic mass is 9.82. The van der Waals surface area contributed by atoms with E-state index in [9.17, 15) is 14.7 Å². The average Bonchev–Trinajstić information content (AvgIpc) is 2.87. The molecule has 0 saturated carbocycles. The highest BCUT2D eigenvalue weighted by Crippen LogP contribution is 2.37. The van der Waals surface area contributed by atoms with E-state index in [2.05, 4.69) is 6.08 Å². The molecule has 6 nitrogen and oxygen atoms in total. The van der Waals surface area contributed by atoms with Crippen molar-refractivity contribution in [2.24, 2.45) is 11.8 Å². The van der Waals surface area contributed by atoms with Gasteiger partial charge in [-0.05, 0) is 44.4 Å². The van der Waals surface area contributed by atoms with Crippen LogP contribution in [0.4, 0.5) is 0 Å². The zero-order valence-corrected chi connectivity index (χ0v) is 15.6. The van der Waals surface area contributed by atoms with Gasteiger partial charge in [-0.15, -0.1) is 0 Å². The molecule has 0 unspecified atom stereocenters. The molecule has 6 heteroatoms. The zero-order chi connectivity index (χ0) is 19.3. The SMILES string of the molecule is C/C1=C\CC/C(CO)=C/[C@H]2OC(=O)[C@@H](C)[C@@H]2[C@@H](OC(=O)/C(C)=C/CO)C1. The van der Waals surface area contributed by atoms with E-state index in [1.54, 1.807) is 19.9 Å². The summed E-state index contributed by atoms with van der Waals surface area (Å²) in [6, 6.07) is 0. The van der Waals surface area contributed by atoms with Crippen molar-refractivity contribution in [1.82, 2.24) is 0 Å². The van der Waals surface area contributed by atoms with E-state index in [-0.39, 0.29) is 25.1 Å². The maximum absolute atomic E-state index is 12.4. The molecule has 0 spiro atoms. The van der Waals surface area contributed by atoms with Gasteiger partial charge in [0.25, 0.3) is 0 Å². The predicted molar refractivity (Wildman–Crippen MR) is 96.0 cm³/mol. The largest absolute Gasteiger partial charge is 0.458 e. The summed E-state index contributed by atoms with van der Waals surface area (Å²) in [5.74, 6) is -1.57. The van der Waals surface area contributed by atoms with Gasteiger partial charge in [0, 0.05) is 12.0 Å². The van der Waals surface area contributed by atoms with Gasteiger partial charge in [0.15, 0.2) is 0 Å². The van der Waals surface area contributed by atoms with Gasteiger partial charge in [0.1, 0.15) is 12.2 Å². The van der Waals surface area contributed by atoms with Gasteiger partial charge < -0.3 is 19.7 Å². The van der Waals surface area contributed by atoms with Crippen LogP contribution in [0.2, 0.25) is 0 Å². The van der Waals surface area contributed by atoms with Crippen molar-refractivity contribution in [2.45, 2.75) is 52.2 Å². The number of carbonyl (C=O) groups is 2. The van der Waals surface area contributed by atoms with Crippen LogP contribution in [0.5, 0.6) is 0 Å². The molecule has 2 aliphatic rings. The minimum absolute atomic E-state index is 0.0924. The summed E-state index contributed by atoms with van der Waals surface area (Å²) in [4.78, 5) is 24.5. The van der Waals surface area contributed by atoms with Crippen LogP contribution in [-0.4, -0.2) is 47.6 Å². The number of hydrogen-bond acceptors (Lipinski definition) is 6. The first-order valence-corrected chi connectivity index (χ1v) is 9.02. The lowest BCUT2D eigenvalue weighted by Gasteiger charge is -2.29. The number of allylic oxidation sites excluding steroid dienone is 1. The molecule has 0 aromatic rings. The number of hydrogen-bond donors (Lipinski definition) is 2. The highest BCUT2D eigenvalue weighted by molar-refractivity contribution is 5.88. The summed E-state index contributed by atoms with van der Waals surface area (Å²) in [6.45, 7) is 5.00. The third kappa shape index (κ3) is 4.83. The van der Waals surface area contributed by atoms with Crippen molar-refractivity contribution < 1.29 is 29.3 Å². The topological polar surface area (TPSA) is 93.1 Å². The molecule has 0 amide bonds. The lowest BCUT2D eigenvalue weighted by Crippen LogP contribution is -2.36. The predicted octanol–water partition coefficient (Wildman–Crippen LogP) is 2.06. The van der Waals surface area contributed by atoms with Gasteiger partial charge in [-0.25, -0.2) is 4.79 Å².